The van der Waals surface area contributed by atoms with Gasteiger partial charge in [-0.1, -0.05) is 54.1 Å². The zero-order chi connectivity index (χ0) is 22.7. The largest absolute Gasteiger partial charge is 0.340 e. The Morgan fingerprint density at radius 3 is 2.25 bits per heavy atom. The first-order chi connectivity index (χ1) is 15.3. The number of rotatable bonds is 6. The fourth-order valence-electron chi connectivity index (χ4n) is 3.51. The zero-order valence-electron chi connectivity index (χ0n) is 18.1. The Hall–Kier alpha value is -3.71. The SMILES string of the molecule is Cc1ccc(S(=O)(=O)Nc2cccc(Nc3cc(-c4ccccc4)nc(C)n3)c2)c(C)c1. The van der Waals surface area contributed by atoms with E-state index in [4.69, 9.17) is 0 Å². The van der Waals surface area contributed by atoms with Crippen molar-refractivity contribution in [3.05, 3.63) is 95.8 Å². The van der Waals surface area contributed by atoms with Crippen molar-refractivity contribution in [1.29, 1.82) is 0 Å². The van der Waals surface area contributed by atoms with Crippen molar-refractivity contribution in [2.24, 2.45) is 0 Å². The molecule has 4 rings (SSSR count). The fraction of sp³-hybridized carbons (Fsp3) is 0.120. The van der Waals surface area contributed by atoms with Crippen molar-refractivity contribution in [2.75, 3.05) is 10.0 Å². The molecule has 0 bridgehead atoms. The van der Waals surface area contributed by atoms with Gasteiger partial charge in [0.2, 0.25) is 0 Å². The van der Waals surface area contributed by atoms with Gasteiger partial charge in [0.25, 0.3) is 10.0 Å². The van der Waals surface area contributed by atoms with Crippen LogP contribution in [0.3, 0.4) is 0 Å². The van der Waals surface area contributed by atoms with Crippen molar-refractivity contribution in [2.45, 2.75) is 25.7 Å². The van der Waals surface area contributed by atoms with Crippen LogP contribution in [0.4, 0.5) is 17.2 Å². The van der Waals surface area contributed by atoms with E-state index < -0.39 is 10.0 Å². The lowest BCUT2D eigenvalue weighted by Gasteiger charge is -2.13. The van der Waals surface area contributed by atoms with Gasteiger partial charge in [-0.25, -0.2) is 18.4 Å². The molecule has 0 unspecified atom stereocenters. The van der Waals surface area contributed by atoms with Crippen LogP contribution in [0.2, 0.25) is 0 Å². The first-order valence-corrected chi connectivity index (χ1v) is 11.7. The normalized spacial score (nSPS) is 11.2. The molecule has 0 spiro atoms. The summed E-state index contributed by atoms with van der Waals surface area (Å²) in [5, 5.41) is 3.25. The van der Waals surface area contributed by atoms with E-state index in [2.05, 4.69) is 20.0 Å². The van der Waals surface area contributed by atoms with E-state index in [0.29, 0.717) is 28.6 Å². The van der Waals surface area contributed by atoms with Crippen LogP contribution in [-0.4, -0.2) is 18.4 Å². The maximum atomic E-state index is 12.9. The van der Waals surface area contributed by atoms with Crippen molar-refractivity contribution < 1.29 is 8.42 Å². The van der Waals surface area contributed by atoms with Crippen LogP contribution in [-0.2, 0) is 10.0 Å². The summed E-state index contributed by atoms with van der Waals surface area (Å²) >= 11 is 0. The summed E-state index contributed by atoms with van der Waals surface area (Å²) < 4.78 is 28.5. The van der Waals surface area contributed by atoms with Crippen LogP contribution in [0.1, 0.15) is 17.0 Å². The summed E-state index contributed by atoms with van der Waals surface area (Å²) in [5.41, 5.74) is 4.70. The Balaban J connectivity index is 1.58. The van der Waals surface area contributed by atoms with Gasteiger partial charge < -0.3 is 5.32 Å². The molecule has 6 nitrogen and oxygen atoms in total. The lowest BCUT2D eigenvalue weighted by molar-refractivity contribution is 0.600. The third-order valence-corrected chi connectivity index (χ3v) is 6.46. The van der Waals surface area contributed by atoms with Crippen LogP contribution in [0.5, 0.6) is 0 Å². The number of sulfonamides is 1. The van der Waals surface area contributed by atoms with Gasteiger partial charge in [-0.2, -0.15) is 0 Å². The third kappa shape index (κ3) is 4.95. The van der Waals surface area contributed by atoms with E-state index in [1.54, 1.807) is 37.3 Å². The van der Waals surface area contributed by atoms with Gasteiger partial charge in [0.05, 0.1) is 16.3 Å². The number of hydrogen-bond donors (Lipinski definition) is 2. The van der Waals surface area contributed by atoms with E-state index in [-0.39, 0.29) is 4.90 Å². The molecule has 7 heteroatoms. The van der Waals surface area contributed by atoms with E-state index in [0.717, 1.165) is 16.8 Å². The summed E-state index contributed by atoms with van der Waals surface area (Å²) in [4.78, 5) is 9.25. The molecule has 0 radical (unpaired) electrons. The number of aromatic nitrogens is 2. The highest BCUT2D eigenvalue weighted by atomic mass is 32.2. The standard InChI is InChI=1S/C25H24N4O2S/c1-17-12-13-24(18(2)14-17)32(30,31)29-22-11-7-10-21(15-22)28-25-16-23(26-19(3)27-25)20-8-5-4-6-9-20/h4-16,29H,1-3H3,(H,26,27,28). The molecule has 3 aromatic carbocycles. The highest BCUT2D eigenvalue weighted by Crippen LogP contribution is 2.25. The molecule has 162 valence electrons. The van der Waals surface area contributed by atoms with Gasteiger partial charge in [0.1, 0.15) is 11.6 Å². The van der Waals surface area contributed by atoms with E-state index in [1.165, 1.54) is 0 Å². The summed E-state index contributed by atoms with van der Waals surface area (Å²) in [6, 6.07) is 24.1. The summed E-state index contributed by atoms with van der Waals surface area (Å²) in [7, 11) is -3.70. The van der Waals surface area contributed by atoms with E-state index in [1.807, 2.05) is 62.4 Å². The van der Waals surface area contributed by atoms with Crippen molar-refractivity contribution in [3.8, 4) is 11.3 Å². The summed E-state index contributed by atoms with van der Waals surface area (Å²) in [6.45, 7) is 5.57. The van der Waals surface area contributed by atoms with Crippen LogP contribution in [0.15, 0.2) is 83.8 Å². The molecular weight excluding hydrogens is 420 g/mol. The second-order valence-corrected chi connectivity index (χ2v) is 9.28. The highest BCUT2D eigenvalue weighted by Gasteiger charge is 2.17. The van der Waals surface area contributed by atoms with Gasteiger partial charge in [0, 0.05) is 17.3 Å². The van der Waals surface area contributed by atoms with Gasteiger partial charge >= 0.3 is 0 Å². The summed E-state index contributed by atoms with van der Waals surface area (Å²) in [5.74, 6) is 1.27. The van der Waals surface area contributed by atoms with Gasteiger partial charge in [-0.15, -0.1) is 0 Å². The molecule has 0 aliphatic rings. The molecule has 0 amide bonds. The Labute approximate surface area is 188 Å². The number of nitrogens with zero attached hydrogens (tertiary/aromatic N) is 2. The molecule has 0 atom stereocenters. The molecule has 32 heavy (non-hydrogen) atoms. The average molecular weight is 445 g/mol. The smallest absolute Gasteiger partial charge is 0.262 e. The van der Waals surface area contributed by atoms with Crippen LogP contribution in [0.25, 0.3) is 11.3 Å². The summed E-state index contributed by atoms with van der Waals surface area (Å²) in [6.07, 6.45) is 0. The highest BCUT2D eigenvalue weighted by molar-refractivity contribution is 7.92. The fourth-order valence-corrected chi connectivity index (χ4v) is 4.79. The molecule has 4 aromatic rings. The van der Waals surface area contributed by atoms with Crippen LogP contribution in [0, 0.1) is 20.8 Å². The number of hydrogen-bond acceptors (Lipinski definition) is 5. The monoisotopic (exact) mass is 444 g/mol. The first kappa shape index (κ1) is 21.5. The second kappa shape index (κ2) is 8.80. The van der Waals surface area contributed by atoms with Crippen LogP contribution >= 0.6 is 0 Å². The molecule has 0 aliphatic carbocycles. The predicted octanol–water partition coefficient (Wildman–Crippen LogP) is 5.61. The lowest BCUT2D eigenvalue weighted by Crippen LogP contribution is -2.14. The Morgan fingerprint density at radius 2 is 1.50 bits per heavy atom. The van der Waals surface area contributed by atoms with Crippen molar-refractivity contribution >= 4 is 27.2 Å². The molecule has 0 saturated carbocycles. The second-order valence-electron chi connectivity index (χ2n) is 7.63. The Bertz CT molecular complexity index is 1370. The Kier molecular flexibility index (Phi) is 5.92. The Morgan fingerprint density at radius 1 is 0.750 bits per heavy atom. The van der Waals surface area contributed by atoms with Gasteiger partial charge in [0.15, 0.2) is 0 Å². The number of aryl methyl sites for hydroxylation is 3. The first-order valence-electron chi connectivity index (χ1n) is 10.2. The lowest BCUT2D eigenvalue weighted by atomic mass is 10.1. The molecular formula is C25H24N4O2S. The molecule has 1 heterocycles. The average Bonchev–Trinajstić information content (AvgIpc) is 2.73. The van der Waals surface area contributed by atoms with Crippen molar-refractivity contribution in [1.82, 2.24) is 9.97 Å². The minimum Gasteiger partial charge on any atom is -0.340 e. The number of benzene rings is 3. The molecule has 0 aliphatic heterocycles. The zero-order valence-corrected chi connectivity index (χ0v) is 18.9. The minimum absolute atomic E-state index is 0.264. The molecule has 0 fully saturated rings. The maximum absolute atomic E-state index is 12.9. The molecule has 0 saturated heterocycles. The number of anilines is 3. The van der Waals surface area contributed by atoms with Crippen molar-refractivity contribution in [3.63, 3.8) is 0 Å². The molecule has 2 N–H and O–H groups in total. The van der Waals surface area contributed by atoms with Gasteiger partial charge in [-0.3, -0.25) is 4.72 Å². The topological polar surface area (TPSA) is 84.0 Å². The third-order valence-electron chi connectivity index (χ3n) is 4.91. The van der Waals surface area contributed by atoms with Gasteiger partial charge in [-0.05, 0) is 50.6 Å². The maximum Gasteiger partial charge on any atom is 0.262 e. The van der Waals surface area contributed by atoms with E-state index in [9.17, 15) is 8.42 Å². The number of nitrogens with one attached hydrogen (secondary N) is 2. The van der Waals surface area contributed by atoms with Crippen LogP contribution < -0.4 is 10.0 Å². The van der Waals surface area contributed by atoms with E-state index >= 15 is 0 Å². The predicted molar refractivity (Wildman–Crippen MR) is 129 cm³/mol. The minimum atomic E-state index is -3.70. The quantitative estimate of drug-likeness (QED) is 0.404. The molecule has 1 aromatic heterocycles.